The molecule has 0 atom stereocenters. The van der Waals surface area contributed by atoms with Crippen molar-refractivity contribution >= 4 is 21.6 Å². The second kappa shape index (κ2) is 6.12. The molecule has 4 nitrogen and oxygen atoms in total. The fraction of sp³-hybridized carbons (Fsp3) is 0.429. The molecule has 1 N–H and O–H groups in total. The highest BCUT2D eigenvalue weighted by Gasteiger charge is 2.08. The first-order valence-electron chi connectivity index (χ1n) is 6.44. The van der Waals surface area contributed by atoms with E-state index in [1.54, 1.807) is 10.9 Å². The van der Waals surface area contributed by atoms with Gasteiger partial charge in [-0.3, -0.25) is 9.36 Å². The minimum Gasteiger partial charge on any atom is -0.313 e. The molecule has 0 saturated carbocycles. The largest absolute Gasteiger partial charge is 0.313 e. The van der Waals surface area contributed by atoms with Gasteiger partial charge in [-0.15, -0.1) is 11.3 Å². The van der Waals surface area contributed by atoms with Gasteiger partial charge < -0.3 is 5.32 Å². The summed E-state index contributed by atoms with van der Waals surface area (Å²) in [6.07, 6.45) is 2.71. The van der Waals surface area contributed by atoms with Crippen LogP contribution in [0.3, 0.4) is 0 Å². The monoisotopic (exact) mass is 277 g/mol. The predicted molar refractivity (Wildman–Crippen MR) is 80.9 cm³/mol. The molecule has 5 heteroatoms. The molecule has 0 aliphatic carbocycles. The molecule has 0 aliphatic heterocycles. The zero-order valence-electron chi connectivity index (χ0n) is 11.4. The molecule has 2 aromatic heterocycles. The van der Waals surface area contributed by atoms with Crippen LogP contribution in [0.1, 0.15) is 18.9 Å². The molecule has 0 aliphatic rings. The Bertz CT molecular complexity index is 642. The summed E-state index contributed by atoms with van der Waals surface area (Å²) in [6.45, 7) is 10.3. The lowest BCUT2D eigenvalue weighted by atomic mass is 10.3. The highest BCUT2D eigenvalue weighted by Crippen LogP contribution is 2.19. The first kappa shape index (κ1) is 14.0. The smallest absolute Gasteiger partial charge is 0.271 e. The summed E-state index contributed by atoms with van der Waals surface area (Å²) < 4.78 is 2.36. The zero-order valence-corrected chi connectivity index (χ0v) is 12.2. The first-order chi connectivity index (χ1) is 9.13. The molecule has 19 heavy (non-hydrogen) atoms. The Morgan fingerprint density at radius 2 is 2.37 bits per heavy atom. The molecule has 2 rings (SSSR count). The topological polar surface area (TPSA) is 46.9 Å². The van der Waals surface area contributed by atoms with Crippen LogP contribution in [-0.4, -0.2) is 22.6 Å². The van der Waals surface area contributed by atoms with Gasteiger partial charge in [-0.25, -0.2) is 4.98 Å². The third kappa shape index (κ3) is 3.11. The van der Waals surface area contributed by atoms with Crippen molar-refractivity contribution in [1.29, 1.82) is 0 Å². The van der Waals surface area contributed by atoms with Gasteiger partial charge in [-0.2, -0.15) is 0 Å². The Morgan fingerprint density at radius 3 is 3.11 bits per heavy atom. The molecule has 0 aromatic carbocycles. The maximum Gasteiger partial charge on any atom is 0.271 e. The van der Waals surface area contributed by atoms with Crippen LogP contribution in [0.25, 0.3) is 10.2 Å². The minimum atomic E-state index is 0.0275. The Labute approximate surface area is 116 Å². The summed E-state index contributed by atoms with van der Waals surface area (Å²) in [7, 11) is 0. The lowest BCUT2D eigenvalue weighted by Gasteiger charge is -2.09. The number of hydrogen-bond donors (Lipinski definition) is 1. The third-order valence-corrected chi connectivity index (χ3v) is 3.99. The van der Waals surface area contributed by atoms with Gasteiger partial charge in [-0.05, 0) is 36.4 Å². The van der Waals surface area contributed by atoms with Crippen molar-refractivity contribution in [1.82, 2.24) is 14.9 Å². The highest BCUT2D eigenvalue weighted by molar-refractivity contribution is 7.17. The van der Waals surface area contributed by atoms with E-state index >= 15 is 0 Å². The summed E-state index contributed by atoms with van der Waals surface area (Å²) in [5.74, 6) is 0. The van der Waals surface area contributed by atoms with Crippen LogP contribution in [0.4, 0.5) is 0 Å². The van der Waals surface area contributed by atoms with Crippen molar-refractivity contribution in [2.24, 2.45) is 0 Å². The van der Waals surface area contributed by atoms with Crippen LogP contribution in [-0.2, 0) is 6.54 Å². The van der Waals surface area contributed by atoms with Crippen molar-refractivity contribution in [2.45, 2.75) is 26.8 Å². The number of nitrogens with one attached hydrogen (secondary N) is 1. The van der Waals surface area contributed by atoms with Gasteiger partial charge in [0.05, 0.1) is 11.8 Å². The average Bonchev–Trinajstić information content (AvgIpc) is 2.76. The number of nitrogens with zero attached hydrogens (tertiary/aromatic N) is 2. The predicted octanol–water partition coefficient (Wildman–Crippen LogP) is 2.32. The van der Waals surface area contributed by atoms with E-state index in [0.29, 0.717) is 6.54 Å². The lowest BCUT2D eigenvalue weighted by Crippen LogP contribution is -2.25. The van der Waals surface area contributed by atoms with E-state index in [1.807, 2.05) is 12.3 Å². The van der Waals surface area contributed by atoms with Gasteiger partial charge in [-0.1, -0.05) is 13.5 Å². The van der Waals surface area contributed by atoms with Crippen molar-refractivity contribution in [2.75, 3.05) is 13.1 Å². The average molecular weight is 277 g/mol. The zero-order chi connectivity index (χ0) is 13.8. The van der Waals surface area contributed by atoms with Crippen molar-refractivity contribution in [3.63, 3.8) is 0 Å². The summed E-state index contributed by atoms with van der Waals surface area (Å²) >= 11 is 1.46. The van der Waals surface area contributed by atoms with E-state index in [0.717, 1.165) is 40.9 Å². The summed E-state index contributed by atoms with van der Waals surface area (Å²) in [5.41, 5.74) is 2.90. The maximum absolute atomic E-state index is 12.3. The molecule has 2 aromatic rings. The van der Waals surface area contributed by atoms with Crippen LogP contribution < -0.4 is 10.9 Å². The first-order valence-corrected chi connectivity index (χ1v) is 7.32. The molecule has 0 unspecified atom stereocenters. The van der Waals surface area contributed by atoms with Gasteiger partial charge in [0.15, 0.2) is 0 Å². The van der Waals surface area contributed by atoms with Crippen LogP contribution in [0.5, 0.6) is 0 Å². The van der Waals surface area contributed by atoms with E-state index in [-0.39, 0.29) is 5.56 Å². The molecular formula is C14H19N3OS. The van der Waals surface area contributed by atoms with Crippen molar-refractivity contribution in [3.05, 3.63) is 39.8 Å². The van der Waals surface area contributed by atoms with Gasteiger partial charge in [0.1, 0.15) is 4.70 Å². The number of rotatable bonds is 6. The van der Waals surface area contributed by atoms with Crippen LogP contribution >= 0.6 is 11.3 Å². The fourth-order valence-corrected chi connectivity index (χ4v) is 2.86. The summed E-state index contributed by atoms with van der Waals surface area (Å²) in [6, 6.07) is 0. The Kier molecular flexibility index (Phi) is 4.50. The molecule has 102 valence electrons. The third-order valence-electron chi connectivity index (χ3n) is 2.92. The van der Waals surface area contributed by atoms with E-state index in [1.165, 1.54) is 11.3 Å². The van der Waals surface area contributed by atoms with Crippen molar-refractivity contribution < 1.29 is 0 Å². The molecule has 0 spiro atoms. The van der Waals surface area contributed by atoms with Crippen LogP contribution in [0.2, 0.25) is 0 Å². The number of aromatic nitrogens is 2. The normalized spacial score (nSPS) is 11.1. The second-order valence-corrected chi connectivity index (χ2v) is 5.58. The van der Waals surface area contributed by atoms with Crippen LogP contribution in [0, 0.1) is 6.92 Å². The Morgan fingerprint density at radius 1 is 1.58 bits per heavy atom. The van der Waals surface area contributed by atoms with Gasteiger partial charge >= 0.3 is 0 Å². The second-order valence-electron chi connectivity index (χ2n) is 4.70. The Balaban J connectivity index is 2.15. The molecule has 0 saturated heterocycles. The number of thiophene rings is 1. The Hall–Kier alpha value is -1.46. The van der Waals surface area contributed by atoms with E-state index in [9.17, 15) is 4.79 Å². The van der Waals surface area contributed by atoms with Gasteiger partial charge in [0, 0.05) is 13.1 Å². The number of fused-ring (bicyclic) bond motifs is 1. The van der Waals surface area contributed by atoms with E-state index in [2.05, 4.69) is 23.8 Å². The van der Waals surface area contributed by atoms with Gasteiger partial charge in [0.25, 0.3) is 5.56 Å². The molecule has 0 fully saturated rings. The van der Waals surface area contributed by atoms with E-state index in [4.69, 9.17) is 0 Å². The standard InChI is InChI=1S/C14H19N3OS/c1-4-5-15-6-10(2)7-17-9-16-12-11(3)8-19-13(12)14(17)18/h8-9,15H,2,4-7H2,1,3H3. The van der Waals surface area contributed by atoms with Crippen molar-refractivity contribution in [3.8, 4) is 0 Å². The molecule has 2 heterocycles. The number of aryl methyl sites for hydroxylation is 1. The molecule has 0 amide bonds. The highest BCUT2D eigenvalue weighted by atomic mass is 32.1. The lowest BCUT2D eigenvalue weighted by molar-refractivity contribution is 0.661. The van der Waals surface area contributed by atoms with Crippen LogP contribution in [0.15, 0.2) is 28.7 Å². The number of hydrogen-bond acceptors (Lipinski definition) is 4. The van der Waals surface area contributed by atoms with E-state index < -0.39 is 0 Å². The fourth-order valence-electron chi connectivity index (χ4n) is 1.91. The molecule has 0 radical (unpaired) electrons. The summed E-state index contributed by atoms with van der Waals surface area (Å²) in [4.78, 5) is 16.6. The maximum atomic E-state index is 12.3. The molecule has 0 bridgehead atoms. The quantitative estimate of drug-likeness (QED) is 0.651. The SMILES string of the molecule is C=C(CNCCC)Cn1cnc2c(C)csc2c1=O. The minimum absolute atomic E-state index is 0.0275. The molecular weight excluding hydrogens is 258 g/mol. The summed E-state index contributed by atoms with van der Waals surface area (Å²) in [5, 5.41) is 5.26. The van der Waals surface area contributed by atoms with Gasteiger partial charge in [0.2, 0.25) is 0 Å².